The van der Waals surface area contributed by atoms with Crippen molar-refractivity contribution >= 4 is 0 Å². The molecule has 0 rings (SSSR count). The predicted molar refractivity (Wildman–Crippen MR) is 72.7 cm³/mol. The number of allylic oxidation sites excluding steroid dienone is 2. The molecule has 5 nitrogen and oxygen atoms in total. The SMILES string of the molecule is C=CCC(C)(C)/C(N)=C(N)\C(N)=C(\N)C(=C)N. The Morgan fingerprint density at radius 1 is 1.00 bits per heavy atom. The van der Waals surface area contributed by atoms with E-state index in [1.54, 1.807) is 6.08 Å². The summed E-state index contributed by atoms with van der Waals surface area (Å²) < 4.78 is 0. The maximum atomic E-state index is 5.99. The summed E-state index contributed by atoms with van der Waals surface area (Å²) in [5.74, 6) is 0. The lowest BCUT2D eigenvalue weighted by Crippen LogP contribution is -2.29. The van der Waals surface area contributed by atoms with Crippen LogP contribution in [0.15, 0.2) is 47.7 Å². The van der Waals surface area contributed by atoms with Gasteiger partial charge in [-0.05, 0) is 6.42 Å². The lowest BCUT2D eigenvalue weighted by atomic mass is 9.84. The molecular weight excluding hydrogens is 214 g/mol. The standard InChI is InChI=1S/C12H23N5/c1-5-6-12(3,4)11(17)10(16)9(15)8(14)7(2)13/h5H,1-2,6,13-17H2,3-4H3/b9-8-,11-10-. The second kappa shape index (κ2) is 5.34. The molecule has 0 saturated carbocycles. The van der Waals surface area contributed by atoms with Crippen molar-refractivity contribution < 1.29 is 0 Å². The van der Waals surface area contributed by atoms with Gasteiger partial charge in [-0.25, -0.2) is 0 Å². The molecule has 0 aliphatic carbocycles. The van der Waals surface area contributed by atoms with Gasteiger partial charge in [0.15, 0.2) is 0 Å². The lowest BCUT2D eigenvalue weighted by molar-refractivity contribution is 0.443. The minimum absolute atomic E-state index is 0.153. The highest BCUT2D eigenvalue weighted by Crippen LogP contribution is 2.29. The molecule has 17 heavy (non-hydrogen) atoms. The van der Waals surface area contributed by atoms with Crippen LogP contribution in [0.5, 0.6) is 0 Å². The third kappa shape index (κ3) is 3.48. The first-order valence-electron chi connectivity index (χ1n) is 5.22. The highest BCUT2D eigenvalue weighted by molar-refractivity contribution is 5.40. The molecule has 0 unspecified atom stereocenters. The summed E-state index contributed by atoms with van der Waals surface area (Å²) in [4.78, 5) is 0. The minimum Gasteiger partial charge on any atom is -0.400 e. The van der Waals surface area contributed by atoms with Gasteiger partial charge in [-0.3, -0.25) is 0 Å². The van der Waals surface area contributed by atoms with Crippen molar-refractivity contribution in [3.63, 3.8) is 0 Å². The van der Waals surface area contributed by atoms with Crippen LogP contribution in [0.3, 0.4) is 0 Å². The van der Waals surface area contributed by atoms with Gasteiger partial charge < -0.3 is 28.7 Å². The quantitative estimate of drug-likeness (QED) is 0.347. The molecule has 0 aliphatic heterocycles. The van der Waals surface area contributed by atoms with E-state index in [1.165, 1.54) is 0 Å². The number of hydrogen-bond acceptors (Lipinski definition) is 5. The van der Waals surface area contributed by atoms with Gasteiger partial charge in [-0.1, -0.05) is 26.5 Å². The van der Waals surface area contributed by atoms with Crippen molar-refractivity contribution in [3.05, 3.63) is 47.7 Å². The Labute approximate surface area is 103 Å². The van der Waals surface area contributed by atoms with Crippen molar-refractivity contribution in [3.8, 4) is 0 Å². The van der Waals surface area contributed by atoms with E-state index in [1.807, 2.05) is 13.8 Å². The average Bonchev–Trinajstić information content (AvgIpc) is 2.24. The van der Waals surface area contributed by atoms with Gasteiger partial charge in [0.2, 0.25) is 0 Å². The van der Waals surface area contributed by atoms with E-state index in [2.05, 4.69) is 13.2 Å². The summed E-state index contributed by atoms with van der Waals surface area (Å²) in [5, 5.41) is 0. The van der Waals surface area contributed by atoms with E-state index >= 15 is 0 Å². The number of hydrogen-bond donors (Lipinski definition) is 5. The molecule has 0 aliphatic rings. The van der Waals surface area contributed by atoms with Crippen LogP contribution in [0.1, 0.15) is 20.3 Å². The van der Waals surface area contributed by atoms with Crippen LogP contribution in [0.25, 0.3) is 0 Å². The molecule has 96 valence electrons. The molecule has 5 heteroatoms. The fraction of sp³-hybridized carbons (Fsp3) is 0.333. The van der Waals surface area contributed by atoms with Crippen molar-refractivity contribution in [2.45, 2.75) is 20.3 Å². The predicted octanol–water partition coefficient (Wildman–Crippen LogP) is 0.319. The second-order valence-electron chi connectivity index (χ2n) is 4.56. The molecule has 0 aromatic heterocycles. The third-order valence-corrected chi connectivity index (χ3v) is 2.60. The highest BCUT2D eigenvalue weighted by Gasteiger charge is 2.23. The van der Waals surface area contributed by atoms with E-state index in [9.17, 15) is 0 Å². The molecular formula is C12H23N5. The van der Waals surface area contributed by atoms with E-state index in [-0.39, 0.29) is 28.2 Å². The Hall–Kier alpha value is -2.04. The maximum Gasteiger partial charge on any atom is 0.0820 e. The first kappa shape index (κ1) is 15.0. The Kier molecular flexibility index (Phi) is 4.70. The maximum absolute atomic E-state index is 5.99. The third-order valence-electron chi connectivity index (χ3n) is 2.60. The van der Waals surface area contributed by atoms with Gasteiger partial charge in [-0.2, -0.15) is 0 Å². The molecule has 0 fully saturated rings. The first-order valence-corrected chi connectivity index (χ1v) is 5.22. The fourth-order valence-electron chi connectivity index (χ4n) is 1.30. The molecule has 0 spiro atoms. The van der Waals surface area contributed by atoms with Gasteiger partial charge in [-0.15, -0.1) is 6.58 Å². The Morgan fingerprint density at radius 2 is 1.47 bits per heavy atom. The van der Waals surface area contributed by atoms with Gasteiger partial charge in [0.05, 0.1) is 17.1 Å². The van der Waals surface area contributed by atoms with Crippen molar-refractivity contribution in [2.24, 2.45) is 34.1 Å². The van der Waals surface area contributed by atoms with Crippen molar-refractivity contribution in [1.82, 2.24) is 0 Å². The largest absolute Gasteiger partial charge is 0.400 e. The Balaban J connectivity index is 5.54. The fourth-order valence-corrected chi connectivity index (χ4v) is 1.30. The second-order valence-corrected chi connectivity index (χ2v) is 4.56. The normalized spacial score (nSPS) is 14.7. The summed E-state index contributed by atoms with van der Waals surface area (Å²) in [6, 6.07) is 0. The summed E-state index contributed by atoms with van der Waals surface area (Å²) in [6.45, 7) is 11.1. The molecule has 0 saturated heterocycles. The van der Waals surface area contributed by atoms with Crippen molar-refractivity contribution in [1.29, 1.82) is 0 Å². The van der Waals surface area contributed by atoms with E-state index < -0.39 is 0 Å². The van der Waals surface area contributed by atoms with Crippen LogP contribution in [0.2, 0.25) is 0 Å². The molecule has 0 bridgehead atoms. The van der Waals surface area contributed by atoms with E-state index in [0.717, 1.165) is 0 Å². The van der Waals surface area contributed by atoms with Crippen molar-refractivity contribution in [2.75, 3.05) is 0 Å². The summed E-state index contributed by atoms with van der Waals surface area (Å²) >= 11 is 0. The van der Waals surface area contributed by atoms with Gasteiger partial charge in [0.25, 0.3) is 0 Å². The highest BCUT2D eigenvalue weighted by atomic mass is 14.8. The molecule has 0 radical (unpaired) electrons. The summed E-state index contributed by atoms with van der Waals surface area (Å²) in [5.41, 5.74) is 29.6. The van der Waals surface area contributed by atoms with Crippen LogP contribution in [0.4, 0.5) is 0 Å². The lowest BCUT2D eigenvalue weighted by Gasteiger charge is -2.26. The van der Waals surface area contributed by atoms with E-state index in [0.29, 0.717) is 12.1 Å². The molecule has 10 N–H and O–H groups in total. The summed E-state index contributed by atoms with van der Waals surface area (Å²) in [6.07, 6.45) is 2.45. The first-order chi connectivity index (χ1) is 7.65. The van der Waals surface area contributed by atoms with Gasteiger partial charge >= 0.3 is 0 Å². The Morgan fingerprint density at radius 3 is 1.82 bits per heavy atom. The minimum atomic E-state index is -0.341. The zero-order valence-electron chi connectivity index (χ0n) is 10.6. The van der Waals surface area contributed by atoms with Crippen LogP contribution < -0.4 is 28.7 Å². The monoisotopic (exact) mass is 237 g/mol. The molecule has 0 amide bonds. The zero-order chi connectivity index (χ0) is 13.8. The van der Waals surface area contributed by atoms with Crippen LogP contribution in [-0.4, -0.2) is 0 Å². The smallest absolute Gasteiger partial charge is 0.0820 e. The van der Waals surface area contributed by atoms with Crippen LogP contribution >= 0.6 is 0 Å². The van der Waals surface area contributed by atoms with Gasteiger partial charge in [0, 0.05) is 16.8 Å². The zero-order valence-corrected chi connectivity index (χ0v) is 10.6. The number of rotatable bonds is 5. The molecule has 0 atom stereocenters. The topological polar surface area (TPSA) is 130 Å². The Bertz CT molecular complexity index is 388. The van der Waals surface area contributed by atoms with Crippen LogP contribution in [0, 0.1) is 5.41 Å². The molecule has 0 aromatic carbocycles. The number of nitrogens with two attached hydrogens (primary N) is 5. The van der Waals surface area contributed by atoms with Crippen LogP contribution in [-0.2, 0) is 0 Å². The average molecular weight is 237 g/mol. The summed E-state index contributed by atoms with van der Waals surface area (Å²) in [7, 11) is 0. The van der Waals surface area contributed by atoms with Gasteiger partial charge in [0.1, 0.15) is 0 Å². The molecule has 0 heterocycles. The van der Waals surface area contributed by atoms with E-state index in [4.69, 9.17) is 28.7 Å². The molecule has 0 aromatic rings.